The third-order valence-electron chi connectivity index (χ3n) is 4.62. The van der Waals surface area contributed by atoms with E-state index < -0.39 is 23.9 Å². The van der Waals surface area contributed by atoms with E-state index >= 15 is 0 Å². The lowest BCUT2D eigenvalue weighted by molar-refractivity contribution is 0.0476. The van der Waals surface area contributed by atoms with Gasteiger partial charge in [-0.25, -0.2) is 14.2 Å². The molecule has 0 aliphatic rings. The van der Waals surface area contributed by atoms with Crippen molar-refractivity contribution in [2.45, 2.75) is 58.5 Å². The van der Waals surface area contributed by atoms with E-state index in [1.54, 1.807) is 44.3 Å². The quantitative estimate of drug-likeness (QED) is 0.356. The Morgan fingerprint density at radius 3 is 2.81 bits per heavy atom. The fourth-order valence-corrected chi connectivity index (χ4v) is 4.01. The van der Waals surface area contributed by atoms with E-state index in [-0.39, 0.29) is 6.42 Å². The summed E-state index contributed by atoms with van der Waals surface area (Å²) in [6, 6.07) is 4.83. The van der Waals surface area contributed by atoms with Crippen molar-refractivity contribution >= 4 is 51.9 Å². The number of carbonyl (C=O) groups excluding carboxylic acids is 1. The molecule has 2 N–H and O–H groups in total. The molecule has 3 aromatic heterocycles. The summed E-state index contributed by atoms with van der Waals surface area (Å²) in [4.78, 5) is 17.7. The molecule has 0 aliphatic heterocycles. The standard InChI is InChI=1S/C23H27ClFN3O3S/c1-6-15-18(10-16(13(2)25)27-22(29)31-23(3,4)5)30-21-17(11-19(24)28-20(15)21)26-12-14-8-7-9-32-14/h6-9,11,13,16H,1,10,12H2,2-5H3,(H,26,28)(H,27,29)/t13-,16+/m0/s1. The number of rotatable bonds is 8. The summed E-state index contributed by atoms with van der Waals surface area (Å²) < 4.78 is 25.7. The van der Waals surface area contributed by atoms with Gasteiger partial charge in [0.15, 0.2) is 5.58 Å². The van der Waals surface area contributed by atoms with E-state index in [1.807, 2.05) is 17.5 Å². The number of fused-ring (bicyclic) bond motifs is 1. The van der Waals surface area contributed by atoms with Gasteiger partial charge in [-0.2, -0.15) is 0 Å². The molecule has 0 radical (unpaired) electrons. The normalized spacial score (nSPS) is 13.6. The fourth-order valence-electron chi connectivity index (χ4n) is 3.17. The topological polar surface area (TPSA) is 76.4 Å². The van der Waals surface area contributed by atoms with Gasteiger partial charge >= 0.3 is 6.09 Å². The van der Waals surface area contributed by atoms with Crippen LogP contribution in [0.1, 0.15) is 43.9 Å². The van der Waals surface area contributed by atoms with Crippen LogP contribution in [0.3, 0.4) is 0 Å². The molecule has 0 bridgehead atoms. The molecule has 1 amide bonds. The number of alkyl halides is 1. The minimum absolute atomic E-state index is 0.0939. The Morgan fingerprint density at radius 1 is 1.47 bits per heavy atom. The van der Waals surface area contributed by atoms with Crippen LogP contribution in [0.5, 0.6) is 0 Å². The molecule has 172 valence electrons. The first-order valence-electron chi connectivity index (χ1n) is 10.2. The predicted molar refractivity (Wildman–Crippen MR) is 128 cm³/mol. The number of aromatic nitrogens is 1. The van der Waals surface area contributed by atoms with Crippen molar-refractivity contribution in [3.63, 3.8) is 0 Å². The Kier molecular flexibility index (Phi) is 7.46. The van der Waals surface area contributed by atoms with E-state index in [9.17, 15) is 9.18 Å². The van der Waals surface area contributed by atoms with Crippen LogP contribution in [0.15, 0.2) is 34.6 Å². The second-order valence-corrected chi connectivity index (χ2v) is 9.80. The van der Waals surface area contributed by atoms with Crippen LogP contribution in [0.2, 0.25) is 5.15 Å². The molecule has 2 atom stereocenters. The van der Waals surface area contributed by atoms with E-state index in [2.05, 4.69) is 22.2 Å². The number of alkyl carbamates (subject to hydrolysis) is 1. The molecule has 9 heteroatoms. The van der Waals surface area contributed by atoms with Gasteiger partial charge < -0.3 is 19.8 Å². The first kappa shape index (κ1) is 24.1. The van der Waals surface area contributed by atoms with Crippen LogP contribution < -0.4 is 10.6 Å². The second kappa shape index (κ2) is 9.92. The zero-order chi connectivity index (χ0) is 23.5. The number of nitrogens with one attached hydrogen (secondary N) is 2. The number of anilines is 1. The molecule has 0 aliphatic carbocycles. The largest absolute Gasteiger partial charge is 0.456 e. The lowest BCUT2D eigenvalue weighted by Gasteiger charge is -2.24. The second-order valence-electron chi connectivity index (χ2n) is 8.38. The number of nitrogens with zero attached hydrogens (tertiary/aromatic N) is 1. The van der Waals surface area contributed by atoms with Crippen molar-refractivity contribution in [3.05, 3.63) is 51.5 Å². The highest BCUT2D eigenvalue weighted by atomic mass is 35.5. The summed E-state index contributed by atoms with van der Waals surface area (Å²) >= 11 is 7.89. The highest BCUT2D eigenvalue weighted by Crippen LogP contribution is 2.34. The Hall–Kier alpha value is -2.58. The maximum absolute atomic E-state index is 14.4. The molecule has 0 saturated carbocycles. The van der Waals surface area contributed by atoms with Crippen molar-refractivity contribution < 1.29 is 18.3 Å². The number of thiophene rings is 1. The average Bonchev–Trinajstić information content (AvgIpc) is 3.31. The Labute approximate surface area is 195 Å². The van der Waals surface area contributed by atoms with E-state index in [0.717, 1.165) is 4.88 Å². The molecule has 3 aromatic rings. The van der Waals surface area contributed by atoms with Crippen molar-refractivity contribution in [2.75, 3.05) is 5.32 Å². The van der Waals surface area contributed by atoms with Gasteiger partial charge in [-0.3, -0.25) is 0 Å². The average molecular weight is 480 g/mol. The number of furan rings is 1. The zero-order valence-electron chi connectivity index (χ0n) is 18.5. The van der Waals surface area contributed by atoms with Crippen molar-refractivity contribution in [2.24, 2.45) is 0 Å². The number of ether oxygens (including phenoxy) is 1. The van der Waals surface area contributed by atoms with Crippen LogP contribution in [0.4, 0.5) is 14.9 Å². The van der Waals surface area contributed by atoms with Crippen molar-refractivity contribution in [1.29, 1.82) is 0 Å². The molecule has 0 spiro atoms. The minimum Gasteiger partial charge on any atom is -0.456 e. The van der Waals surface area contributed by atoms with E-state index in [0.29, 0.717) is 39.8 Å². The molecule has 0 aromatic carbocycles. The summed E-state index contributed by atoms with van der Waals surface area (Å²) in [5.74, 6) is 0.453. The van der Waals surface area contributed by atoms with Gasteiger partial charge in [0.05, 0.1) is 11.7 Å². The van der Waals surface area contributed by atoms with Gasteiger partial charge in [0.25, 0.3) is 0 Å². The van der Waals surface area contributed by atoms with Gasteiger partial charge in [-0.15, -0.1) is 11.3 Å². The summed E-state index contributed by atoms with van der Waals surface area (Å²) in [7, 11) is 0. The van der Waals surface area contributed by atoms with Crippen LogP contribution in [0.25, 0.3) is 17.2 Å². The van der Waals surface area contributed by atoms with Crippen LogP contribution in [-0.2, 0) is 17.7 Å². The van der Waals surface area contributed by atoms with E-state index in [4.69, 9.17) is 20.8 Å². The number of carbonyl (C=O) groups is 1. The van der Waals surface area contributed by atoms with Crippen LogP contribution >= 0.6 is 22.9 Å². The van der Waals surface area contributed by atoms with Gasteiger partial charge in [0.2, 0.25) is 0 Å². The maximum atomic E-state index is 14.4. The molecule has 3 rings (SSSR count). The zero-order valence-corrected chi connectivity index (χ0v) is 20.1. The number of hydrogen-bond acceptors (Lipinski definition) is 6. The predicted octanol–water partition coefficient (Wildman–Crippen LogP) is 6.59. The molecule has 6 nitrogen and oxygen atoms in total. The number of pyridine rings is 1. The highest BCUT2D eigenvalue weighted by Gasteiger charge is 2.27. The van der Waals surface area contributed by atoms with Gasteiger partial charge in [0.1, 0.15) is 28.2 Å². The first-order chi connectivity index (χ1) is 15.1. The van der Waals surface area contributed by atoms with Crippen molar-refractivity contribution in [1.82, 2.24) is 10.3 Å². The monoisotopic (exact) mass is 479 g/mol. The Bertz CT molecular complexity index is 1090. The molecule has 0 saturated heterocycles. The number of amides is 1. The summed E-state index contributed by atoms with van der Waals surface area (Å²) in [6.45, 7) is 11.1. The van der Waals surface area contributed by atoms with Gasteiger partial charge in [-0.1, -0.05) is 30.3 Å². The van der Waals surface area contributed by atoms with Crippen molar-refractivity contribution in [3.8, 4) is 0 Å². The molecule has 32 heavy (non-hydrogen) atoms. The summed E-state index contributed by atoms with van der Waals surface area (Å²) in [5, 5.41) is 8.22. The van der Waals surface area contributed by atoms with Gasteiger partial charge in [-0.05, 0) is 39.1 Å². The van der Waals surface area contributed by atoms with Crippen LogP contribution in [0, 0.1) is 0 Å². The first-order valence-corrected chi connectivity index (χ1v) is 11.5. The summed E-state index contributed by atoms with van der Waals surface area (Å²) in [5.41, 5.74) is 1.62. The number of hydrogen-bond donors (Lipinski definition) is 2. The maximum Gasteiger partial charge on any atom is 0.407 e. The molecule has 0 fully saturated rings. The van der Waals surface area contributed by atoms with Gasteiger partial charge in [0, 0.05) is 29.5 Å². The molecule has 3 heterocycles. The highest BCUT2D eigenvalue weighted by molar-refractivity contribution is 7.09. The smallest absolute Gasteiger partial charge is 0.407 e. The van der Waals surface area contributed by atoms with E-state index in [1.165, 1.54) is 6.92 Å². The number of halogens is 2. The lowest BCUT2D eigenvalue weighted by atomic mass is 10.0. The summed E-state index contributed by atoms with van der Waals surface area (Å²) in [6.07, 6.45) is -0.346. The molecular formula is C23H27ClFN3O3S. The third kappa shape index (κ3) is 6.01. The fraction of sp³-hybridized carbons (Fsp3) is 0.391. The SMILES string of the molecule is C=Cc1c(C[C@@H](NC(=O)OC(C)(C)C)[C@H](C)F)oc2c(NCc3cccs3)cc(Cl)nc12. The third-order valence-corrected chi connectivity index (χ3v) is 5.69. The molecular weight excluding hydrogens is 453 g/mol. The lowest BCUT2D eigenvalue weighted by Crippen LogP contribution is -2.44. The minimum atomic E-state index is -1.35. The Balaban J connectivity index is 1.90. The van der Waals surface area contributed by atoms with Crippen LogP contribution in [-0.4, -0.2) is 28.9 Å². The molecule has 0 unspecified atom stereocenters. The Morgan fingerprint density at radius 2 is 2.22 bits per heavy atom.